The summed E-state index contributed by atoms with van der Waals surface area (Å²) in [6, 6.07) is 25.3. The van der Waals surface area contributed by atoms with E-state index in [0.29, 0.717) is 11.4 Å². The fraction of sp³-hybridized carbons (Fsp3) is 0. The van der Waals surface area contributed by atoms with Crippen LogP contribution in [0.1, 0.15) is 15.4 Å². The average molecular weight is 815 g/mol. The van der Waals surface area contributed by atoms with Crippen molar-refractivity contribution in [1.82, 2.24) is 29.9 Å². The van der Waals surface area contributed by atoms with E-state index in [1.807, 2.05) is 12.1 Å². The number of aromatic nitrogens is 6. The molecule has 55 heavy (non-hydrogen) atoms. The summed E-state index contributed by atoms with van der Waals surface area (Å²) in [5, 5.41) is 11.3. The average Bonchev–Trinajstić information content (AvgIpc) is 3.07. The molecule has 270 valence electrons. The van der Waals surface area contributed by atoms with Gasteiger partial charge in [0.15, 0.2) is 0 Å². The summed E-state index contributed by atoms with van der Waals surface area (Å²) in [7, 11) is -9.70. The number of hydrogen-bond acceptors (Lipinski definition) is 14. The first-order chi connectivity index (χ1) is 24.8. The summed E-state index contributed by atoms with van der Waals surface area (Å²) >= 11 is 0. The maximum Gasteiger partial charge on any atom is 1.00 e. The minimum atomic E-state index is -4.85. The Morgan fingerprint density at radius 3 is 1.11 bits per heavy atom. The van der Waals surface area contributed by atoms with Crippen LogP contribution in [-0.4, -0.2) is 55.8 Å². The molecule has 4 aromatic carbocycles. The molecule has 0 bridgehead atoms. The molecule has 0 radical (unpaired) electrons. The number of benzene rings is 4. The minimum absolute atomic E-state index is 0. The van der Waals surface area contributed by atoms with E-state index in [0.717, 1.165) is 12.1 Å². The number of para-hydroxylation sites is 2. The van der Waals surface area contributed by atoms with E-state index in [1.54, 1.807) is 48.5 Å². The van der Waals surface area contributed by atoms with Crippen LogP contribution in [0.15, 0.2) is 116 Å². The summed E-state index contributed by atoms with van der Waals surface area (Å²) in [5.74, 6) is -0.0861. The zero-order valence-electron chi connectivity index (χ0n) is 32.3. The number of H-pyrrole nitrogens is 2. The van der Waals surface area contributed by atoms with Crippen molar-refractivity contribution in [3.63, 3.8) is 0 Å². The first kappa shape index (κ1) is 45.6. The van der Waals surface area contributed by atoms with E-state index in [4.69, 9.17) is 0 Å². The molecule has 0 aliphatic heterocycles. The summed E-state index contributed by atoms with van der Waals surface area (Å²) in [6.07, 6.45) is 2.42. The van der Waals surface area contributed by atoms with E-state index in [1.165, 1.54) is 36.4 Å². The Bertz CT molecular complexity index is 2490. The Kier molecular flexibility index (Phi) is 16.5. The normalized spacial score (nSPS) is 11.0. The van der Waals surface area contributed by atoms with Crippen LogP contribution >= 0.6 is 0 Å². The van der Waals surface area contributed by atoms with Crippen molar-refractivity contribution in [2.45, 2.75) is 9.79 Å². The van der Waals surface area contributed by atoms with Crippen molar-refractivity contribution in [2.75, 3.05) is 21.3 Å². The van der Waals surface area contributed by atoms with Crippen molar-refractivity contribution in [3.8, 4) is 0 Å². The molecule has 2 aromatic heterocycles. The molecular formula is C32H29N10Na3O8S2. The third-order valence-electron chi connectivity index (χ3n) is 6.93. The van der Waals surface area contributed by atoms with Gasteiger partial charge in [-0.1, -0.05) is 60.7 Å². The summed E-state index contributed by atoms with van der Waals surface area (Å²) in [5.41, 5.74) is -0.355. The summed E-state index contributed by atoms with van der Waals surface area (Å²) in [6.45, 7) is 0. The van der Waals surface area contributed by atoms with Gasteiger partial charge in [-0.05, 0) is 59.7 Å². The van der Waals surface area contributed by atoms with Crippen LogP contribution in [0.25, 0.3) is 12.2 Å². The molecule has 8 N–H and O–H groups in total. The van der Waals surface area contributed by atoms with Gasteiger partial charge in [-0.25, -0.2) is 9.59 Å². The molecule has 0 atom stereocenters. The van der Waals surface area contributed by atoms with Crippen molar-refractivity contribution in [3.05, 3.63) is 129 Å². The molecule has 0 aliphatic rings. The first-order valence-corrected chi connectivity index (χ1v) is 17.7. The van der Waals surface area contributed by atoms with Crippen LogP contribution in [0.5, 0.6) is 0 Å². The van der Waals surface area contributed by atoms with Crippen molar-refractivity contribution >= 4 is 78.9 Å². The molecule has 0 saturated heterocycles. The molecule has 2 heterocycles. The minimum Gasteiger partial charge on any atom is -1.00 e. The van der Waals surface area contributed by atoms with Gasteiger partial charge in [-0.3, -0.25) is 19.1 Å². The second kappa shape index (κ2) is 19.9. The molecule has 0 unspecified atom stereocenters. The first-order valence-electron chi connectivity index (χ1n) is 14.8. The number of hydrogen-bond donors (Lipinski definition) is 8. The molecule has 0 saturated carbocycles. The van der Waals surface area contributed by atoms with Crippen LogP contribution in [0, 0.1) is 0 Å². The zero-order chi connectivity index (χ0) is 36.9. The molecular weight excluding hydrogens is 786 g/mol. The number of aromatic amines is 2. The molecule has 6 rings (SSSR count). The van der Waals surface area contributed by atoms with E-state index in [2.05, 4.69) is 51.2 Å². The van der Waals surface area contributed by atoms with Gasteiger partial charge in [0.1, 0.15) is 9.79 Å². The van der Waals surface area contributed by atoms with Gasteiger partial charge >= 0.3 is 100 Å². The fourth-order valence-corrected chi connectivity index (χ4v) is 6.14. The Morgan fingerprint density at radius 2 is 0.800 bits per heavy atom. The van der Waals surface area contributed by atoms with E-state index in [9.17, 15) is 35.5 Å². The molecule has 6 aromatic rings. The quantitative estimate of drug-likeness (QED) is 0.0329. The van der Waals surface area contributed by atoms with E-state index >= 15 is 0 Å². The van der Waals surface area contributed by atoms with Crippen LogP contribution in [0.4, 0.5) is 46.5 Å². The van der Waals surface area contributed by atoms with Crippen LogP contribution in [0.2, 0.25) is 0 Å². The second-order valence-corrected chi connectivity index (χ2v) is 13.5. The number of rotatable bonds is 12. The molecule has 23 heteroatoms. The van der Waals surface area contributed by atoms with Gasteiger partial charge in [0.2, 0.25) is 23.8 Å². The SMILES string of the molecule is O=c1nc(Nc2ccccc2)[nH]c(Nc2ccc(C=Cc3ccc(Nc4nc(=O)nc(Nc5ccccc5)[nH]4)cc3S(=O)(=O)O)c(S(=O)(=O)O)c2)n1.[H-].[H-].[H-].[Na+].[Na+].[Na+]. The van der Waals surface area contributed by atoms with Gasteiger partial charge < -0.3 is 25.5 Å². The second-order valence-electron chi connectivity index (χ2n) is 10.7. The van der Waals surface area contributed by atoms with Gasteiger partial charge in [0, 0.05) is 22.7 Å². The zero-order valence-corrected chi connectivity index (χ0v) is 37.0. The van der Waals surface area contributed by atoms with Crippen molar-refractivity contribution in [1.29, 1.82) is 0 Å². The third-order valence-corrected chi connectivity index (χ3v) is 8.75. The van der Waals surface area contributed by atoms with E-state index in [-0.39, 0.29) is 139 Å². The summed E-state index contributed by atoms with van der Waals surface area (Å²) < 4.78 is 69.6. The van der Waals surface area contributed by atoms with E-state index < -0.39 is 41.4 Å². The van der Waals surface area contributed by atoms with Crippen LogP contribution in [-0.2, 0) is 20.2 Å². The fourth-order valence-electron chi connectivity index (χ4n) is 4.72. The molecule has 18 nitrogen and oxygen atoms in total. The molecule has 0 spiro atoms. The Hall–Kier alpha value is -3.74. The predicted octanol–water partition coefficient (Wildman–Crippen LogP) is -4.37. The van der Waals surface area contributed by atoms with Crippen molar-refractivity contribution < 1.29 is 119 Å². The van der Waals surface area contributed by atoms with Gasteiger partial charge in [-0.2, -0.15) is 36.8 Å². The summed E-state index contributed by atoms with van der Waals surface area (Å²) in [4.78, 5) is 43.7. The molecule has 0 aliphatic carbocycles. The smallest absolute Gasteiger partial charge is 1.00 e. The topological polar surface area (TPSA) is 274 Å². The Morgan fingerprint density at radius 1 is 0.491 bits per heavy atom. The standard InChI is InChI=1S/C32H26N10O8S2.3Na.3H/c43-31-39-27(33-21-7-3-1-4-8-21)37-29(41-31)35-23-15-13-19(25(17-23)51(45,46)47)11-12-20-14-16-24(18-26(20)52(48,49)50)36-30-38-28(40-32(44)42-30)34-22-9-5-2-6-10-22;;;;;;/h1-18H,(H,45,46,47)(H,48,49,50)(H3,33,35,37,39,41,43)(H3,34,36,38,40,42,44);;;;;;/q;3*+1;3*-1. The largest absolute Gasteiger partial charge is 1.00 e. The monoisotopic (exact) mass is 814 g/mol. The number of nitrogens with zero attached hydrogens (tertiary/aromatic N) is 4. The van der Waals surface area contributed by atoms with Crippen molar-refractivity contribution in [2.24, 2.45) is 0 Å². The van der Waals surface area contributed by atoms with Crippen LogP contribution in [0.3, 0.4) is 0 Å². The predicted molar refractivity (Wildman–Crippen MR) is 196 cm³/mol. The molecule has 0 amide bonds. The van der Waals surface area contributed by atoms with Gasteiger partial charge in [-0.15, -0.1) is 0 Å². The van der Waals surface area contributed by atoms with Gasteiger partial charge in [0.25, 0.3) is 20.2 Å². The Labute approximate surface area is 384 Å². The maximum atomic E-state index is 12.4. The van der Waals surface area contributed by atoms with Gasteiger partial charge in [0.05, 0.1) is 0 Å². The van der Waals surface area contributed by atoms with Crippen LogP contribution < -0.4 is 121 Å². The molecule has 0 fully saturated rings. The maximum absolute atomic E-state index is 12.4. The number of nitrogens with one attached hydrogen (secondary N) is 6. The number of anilines is 8. The Balaban J connectivity index is 0.00000541. The third kappa shape index (κ3) is 12.9.